The molecule has 0 radical (unpaired) electrons. The molecule has 1 aliphatic heterocycles. The van der Waals surface area contributed by atoms with Crippen LogP contribution in [-0.2, 0) is 11.2 Å². The third kappa shape index (κ3) is 2.45. The van der Waals surface area contributed by atoms with Gasteiger partial charge in [0.15, 0.2) is 0 Å². The fourth-order valence-electron chi connectivity index (χ4n) is 2.27. The van der Waals surface area contributed by atoms with Crippen LogP contribution in [0.2, 0.25) is 5.02 Å². The highest BCUT2D eigenvalue weighted by Crippen LogP contribution is 2.33. The molecule has 92 valence electrons. The lowest BCUT2D eigenvalue weighted by molar-refractivity contribution is -0.120. The molecule has 1 atom stereocenters. The van der Waals surface area contributed by atoms with Gasteiger partial charge in [0.25, 0.3) is 0 Å². The van der Waals surface area contributed by atoms with Crippen LogP contribution >= 0.6 is 11.6 Å². The molecule has 0 aliphatic carbocycles. The summed E-state index contributed by atoms with van der Waals surface area (Å²) in [4.78, 5) is 11.9. The lowest BCUT2D eigenvalue weighted by Gasteiger charge is -2.26. The molecule has 1 amide bonds. The molecule has 3 nitrogen and oxygen atoms in total. The lowest BCUT2D eigenvalue weighted by atomic mass is 9.88. The minimum absolute atomic E-state index is 0.0478. The Hall–Kier alpha value is -1.06. The van der Waals surface area contributed by atoms with Crippen molar-refractivity contribution >= 4 is 23.2 Å². The van der Waals surface area contributed by atoms with Crippen LogP contribution in [0.4, 0.5) is 5.69 Å². The van der Waals surface area contributed by atoms with Gasteiger partial charge in [-0.2, -0.15) is 0 Å². The average Bonchev–Trinajstić information content (AvgIpc) is 2.32. The number of hydrogen-bond donors (Lipinski definition) is 2. The molecule has 4 heteroatoms. The van der Waals surface area contributed by atoms with E-state index >= 15 is 0 Å². The summed E-state index contributed by atoms with van der Waals surface area (Å²) in [5.74, 6) is 0.142. The predicted molar refractivity (Wildman–Crippen MR) is 70.3 cm³/mol. The number of amides is 1. The van der Waals surface area contributed by atoms with Crippen molar-refractivity contribution in [2.24, 2.45) is 11.7 Å². The molecule has 1 aromatic rings. The van der Waals surface area contributed by atoms with Gasteiger partial charge in [0.2, 0.25) is 5.91 Å². The predicted octanol–water partition coefficient (Wildman–Crippen LogP) is 2.50. The smallest absolute Gasteiger partial charge is 0.227 e. The van der Waals surface area contributed by atoms with E-state index in [0.717, 1.165) is 30.5 Å². The van der Waals surface area contributed by atoms with Crippen LogP contribution in [-0.4, -0.2) is 12.5 Å². The number of carbonyl (C=O) groups is 1. The topological polar surface area (TPSA) is 55.1 Å². The SMILES string of the molecule is Cc1c(Cl)ccc2c1NC(=O)C(CCCN)C2. The zero-order valence-corrected chi connectivity index (χ0v) is 10.7. The second-order valence-corrected chi connectivity index (χ2v) is 4.93. The van der Waals surface area contributed by atoms with E-state index in [1.54, 1.807) is 0 Å². The van der Waals surface area contributed by atoms with Crippen molar-refractivity contribution in [2.75, 3.05) is 11.9 Å². The van der Waals surface area contributed by atoms with Crippen molar-refractivity contribution in [3.8, 4) is 0 Å². The van der Waals surface area contributed by atoms with Gasteiger partial charge in [-0.25, -0.2) is 0 Å². The molecular formula is C13H17ClN2O. The van der Waals surface area contributed by atoms with Gasteiger partial charge in [-0.3, -0.25) is 4.79 Å². The van der Waals surface area contributed by atoms with E-state index in [4.69, 9.17) is 17.3 Å². The number of rotatable bonds is 3. The highest BCUT2D eigenvalue weighted by molar-refractivity contribution is 6.31. The number of halogens is 1. The first kappa shape index (κ1) is 12.4. The van der Waals surface area contributed by atoms with E-state index in [9.17, 15) is 4.79 Å². The van der Waals surface area contributed by atoms with E-state index < -0.39 is 0 Å². The Morgan fingerprint density at radius 1 is 1.53 bits per heavy atom. The molecule has 0 bridgehead atoms. The van der Waals surface area contributed by atoms with E-state index in [0.29, 0.717) is 11.6 Å². The van der Waals surface area contributed by atoms with Crippen LogP contribution in [0, 0.1) is 12.8 Å². The summed E-state index contributed by atoms with van der Waals surface area (Å²) in [6, 6.07) is 3.90. The molecule has 3 N–H and O–H groups in total. The molecule has 0 aromatic heterocycles. The number of carbonyl (C=O) groups excluding carboxylic acids is 1. The van der Waals surface area contributed by atoms with Gasteiger partial charge in [0.1, 0.15) is 0 Å². The number of hydrogen-bond acceptors (Lipinski definition) is 2. The molecule has 0 saturated heterocycles. The zero-order chi connectivity index (χ0) is 12.4. The van der Waals surface area contributed by atoms with Crippen LogP contribution in [0.1, 0.15) is 24.0 Å². The Morgan fingerprint density at radius 3 is 3.00 bits per heavy atom. The summed E-state index contributed by atoms with van der Waals surface area (Å²) < 4.78 is 0. The van der Waals surface area contributed by atoms with Crippen molar-refractivity contribution < 1.29 is 4.79 Å². The van der Waals surface area contributed by atoms with E-state index in [1.165, 1.54) is 5.56 Å². The van der Waals surface area contributed by atoms with E-state index in [-0.39, 0.29) is 11.8 Å². The third-order valence-corrected chi connectivity index (χ3v) is 3.74. The van der Waals surface area contributed by atoms with Gasteiger partial charge in [-0.05, 0) is 49.9 Å². The van der Waals surface area contributed by atoms with Crippen LogP contribution in [0.5, 0.6) is 0 Å². The van der Waals surface area contributed by atoms with Crippen molar-refractivity contribution in [3.05, 3.63) is 28.3 Å². The molecule has 1 aromatic carbocycles. The average molecular weight is 253 g/mol. The summed E-state index contributed by atoms with van der Waals surface area (Å²) in [5.41, 5.74) is 8.50. The maximum atomic E-state index is 11.9. The van der Waals surface area contributed by atoms with E-state index in [1.807, 2.05) is 19.1 Å². The van der Waals surface area contributed by atoms with Crippen LogP contribution in [0.3, 0.4) is 0 Å². The molecule has 1 heterocycles. The van der Waals surface area contributed by atoms with Crippen molar-refractivity contribution in [3.63, 3.8) is 0 Å². The zero-order valence-electron chi connectivity index (χ0n) is 9.92. The number of nitrogens with one attached hydrogen (secondary N) is 1. The molecular weight excluding hydrogens is 236 g/mol. The second-order valence-electron chi connectivity index (χ2n) is 4.53. The molecule has 1 unspecified atom stereocenters. The summed E-state index contributed by atoms with van der Waals surface area (Å²) >= 11 is 6.05. The Labute approximate surface area is 106 Å². The molecule has 0 fully saturated rings. The standard InChI is InChI=1S/C13H17ClN2O/c1-8-11(14)5-4-9-7-10(3-2-6-15)13(17)16-12(8)9/h4-5,10H,2-3,6-7,15H2,1H3,(H,16,17). The number of anilines is 1. The van der Waals surface area contributed by atoms with Crippen LogP contribution in [0.25, 0.3) is 0 Å². The summed E-state index contributed by atoms with van der Waals surface area (Å²) in [6.07, 6.45) is 2.53. The highest BCUT2D eigenvalue weighted by Gasteiger charge is 2.26. The fourth-order valence-corrected chi connectivity index (χ4v) is 2.42. The number of benzene rings is 1. The number of nitrogens with two attached hydrogens (primary N) is 1. The summed E-state index contributed by atoms with van der Waals surface area (Å²) in [6.45, 7) is 2.57. The number of fused-ring (bicyclic) bond motifs is 1. The van der Waals surface area contributed by atoms with Gasteiger partial charge >= 0.3 is 0 Å². The third-order valence-electron chi connectivity index (χ3n) is 3.33. The maximum Gasteiger partial charge on any atom is 0.227 e. The minimum atomic E-state index is 0.0478. The molecule has 17 heavy (non-hydrogen) atoms. The first-order chi connectivity index (χ1) is 8.13. The highest BCUT2D eigenvalue weighted by atomic mass is 35.5. The molecule has 1 aliphatic rings. The fraction of sp³-hybridized carbons (Fsp3) is 0.462. The maximum absolute atomic E-state index is 11.9. The van der Waals surface area contributed by atoms with Crippen molar-refractivity contribution in [1.29, 1.82) is 0 Å². The normalized spacial score (nSPS) is 18.8. The van der Waals surface area contributed by atoms with Gasteiger partial charge in [-0.1, -0.05) is 17.7 Å². The van der Waals surface area contributed by atoms with Crippen molar-refractivity contribution in [2.45, 2.75) is 26.2 Å². The summed E-state index contributed by atoms with van der Waals surface area (Å²) in [7, 11) is 0. The van der Waals surface area contributed by atoms with Crippen molar-refractivity contribution in [1.82, 2.24) is 0 Å². The van der Waals surface area contributed by atoms with Gasteiger partial charge in [0.05, 0.1) is 0 Å². The molecule has 2 rings (SSSR count). The first-order valence-corrected chi connectivity index (χ1v) is 6.30. The van der Waals surface area contributed by atoms with Gasteiger partial charge < -0.3 is 11.1 Å². The van der Waals surface area contributed by atoms with Gasteiger partial charge in [0, 0.05) is 16.6 Å². The lowest BCUT2D eigenvalue weighted by Crippen LogP contribution is -2.30. The Morgan fingerprint density at radius 2 is 2.29 bits per heavy atom. The molecule has 0 spiro atoms. The molecule has 0 saturated carbocycles. The Balaban J connectivity index is 2.24. The second kappa shape index (κ2) is 5.07. The quantitative estimate of drug-likeness (QED) is 0.869. The van der Waals surface area contributed by atoms with Crippen LogP contribution in [0.15, 0.2) is 12.1 Å². The summed E-state index contributed by atoms with van der Waals surface area (Å²) in [5, 5.41) is 3.66. The Bertz CT molecular complexity index is 445. The first-order valence-electron chi connectivity index (χ1n) is 5.92. The van der Waals surface area contributed by atoms with Crippen LogP contribution < -0.4 is 11.1 Å². The van der Waals surface area contributed by atoms with E-state index in [2.05, 4.69) is 5.32 Å². The Kier molecular flexibility index (Phi) is 3.69. The minimum Gasteiger partial charge on any atom is -0.330 e. The van der Waals surface area contributed by atoms with Gasteiger partial charge in [-0.15, -0.1) is 0 Å². The monoisotopic (exact) mass is 252 g/mol. The largest absolute Gasteiger partial charge is 0.330 e.